The van der Waals surface area contributed by atoms with Crippen LogP contribution in [0.4, 0.5) is 11.8 Å². The molecule has 0 aliphatic carbocycles. The molecule has 2 aromatic heterocycles. The summed E-state index contributed by atoms with van der Waals surface area (Å²) in [4.78, 5) is 22.8. The first-order valence-corrected chi connectivity index (χ1v) is 6.29. The Morgan fingerprint density at radius 3 is 3.00 bits per heavy atom. The number of hydrogen-bond acceptors (Lipinski definition) is 4. The highest BCUT2D eigenvalue weighted by molar-refractivity contribution is 6.30. The Kier molecular flexibility index (Phi) is 4.35. The van der Waals surface area contributed by atoms with Crippen molar-refractivity contribution < 1.29 is 4.79 Å². The van der Waals surface area contributed by atoms with Gasteiger partial charge in [0.25, 0.3) is 5.91 Å². The molecular formula is C12H14ClN5O. The minimum Gasteiger partial charge on any atom is -0.370 e. The van der Waals surface area contributed by atoms with E-state index in [1.807, 2.05) is 6.92 Å². The summed E-state index contributed by atoms with van der Waals surface area (Å²) in [5.74, 6) is 0.679. The number of carbonyl (C=O) groups excluding carboxylic acids is 1. The van der Waals surface area contributed by atoms with E-state index in [2.05, 4.69) is 25.6 Å². The fourth-order valence-electron chi connectivity index (χ4n) is 1.48. The van der Waals surface area contributed by atoms with Crippen LogP contribution in [0.25, 0.3) is 0 Å². The van der Waals surface area contributed by atoms with Gasteiger partial charge in [-0.3, -0.25) is 10.1 Å². The van der Waals surface area contributed by atoms with Gasteiger partial charge in [0.05, 0.1) is 0 Å². The van der Waals surface area contributed by atoms with Gasteiger partial charge >= 0.3 is 0 Å². The molecule has 7 heteroatoms. The van der Waals surface area contributed by atoms with Crippen molar-refractivity contribution in [2.45, 2.75) is 13.3 Å². The van der Waals surface area contributed by atoms with Gasteiger partial charge in [-0.1, -0.05) is 18.5 Å². The van der Waals surface area contributed by atoms with Gasteiger partial charge in [-0.05, 0) is 18.6 Å². The maximum Gasteiger partial charge on any atom is 0.258 e. The number of amides is 1. The van der Waals surface area contributed by atoms with Gasteiger partial charge in [-0.25, -0.2) is 9.97 Å². The molecular weight excluding hydrogens is 266 g/mol. The summed E-state index contributed by atoms with van der Waals surface area (Å²) in [6, 6.07) is 3.16. The van der Waals surface area contributed by atoms with Gasteiger partial charge in [-0.15, -0.1) is 0 Å². The number of aromatic nitrogens is 3. The highest BCUT2D eigenvalue weighted by atomic mass is 35.5. The largest absolute Gasteiger partial charge is 0.370 e. The lowest BCUT2D eigenvalue weighted by atomic mass is 10.2. The van der Waals surface area contributed by atoms with Crippen molar-refractivity contribution in [1.29, 1.82) is 0 Å². The molecule has 2 aromatic rings. The van der Waals surface area contributed by atoms with Crippen molar-refractivity contribution in [2.75, 3.05) is 17.2 Å². The van der Waals surface area contributed by atoms with E-state index in [9.17, 15) is 4.79 Å². The van der Waals surface area contributed by atoms with Crippen LogP contribution in [0.1, 0.15) is 23.7 Å². The summed E-state index contributed by atoms with van der Waals surface area (Å²) in [5.41, 5.74) is 0.426. The van der Waals surface area contributed by atoms with E-state index in [1.54, 1.807) is 18.5 Å². The summed E-state index contributed by atoms with van der Waals surface area (Å²) in [7, 11) is 0. The second-order valence-corrected chi connectivity index (χ2v) is 4.27. The SMILES string of the molecule is CCCNc1cc(C(=O)Nc2ncc[nH]2)cc(Cl)n1. The van der Waals surface area contributed by atoms with Crippen LogP contribution in [0.15, 0.2) is 24.5 Å². The third-order valence-corrected chi connectivity index (χ3v) is 2.54. The van der Waals surface area contributed by atoms with E-state index < -0.39 is 0 Å². The number of imidazole rings is 1. The molecule has 3 N–H and O–H groups in total. The third-order valence-electron chi connectivity index (χ3n) is 2.34. The number of rotatable bonds is 5. The normalized spacial score (nSPS) is 10.2. The van der Waals surface area contributed by atoms with Crippen LogP contribution in [0.5, 0.6) is 0 Å². The molecule has 2 rings (SSSR count). The van der Waals surface area contributed by atoms with Crippen LogP contribution in [0.2, 0.25) is 5.15 Å². The second-order valence-electron chi connectivity index (χ2n) is 3.88. The maximum absolute atomic E-state index is 12.0. The van der Waals surface area contributed by atoms with Crippen LogP contribution in [0.3, 0.4) is 0 Å². The van der Waals surface area contributed by atoms with E-state index >= 15 is 0 Å². The highest BCUT2D eigenvalue weighted by Gasteiger charge is 2.10. The summed E-state index contributed by atoms with van der Waals surface area (Å²) >= 11 is 5.90. The average Bonchev–Trinajstić information content (AvgIpc) is 2.88. The molecule has 100 valence electrons. The first-order valence-electron chi connectivity index (χ1n) is 5.91. The highest BCUT2D eigenvalue weighted by Crippen LogP contribution is 2.15. The van der Waals surface area contributed by atoms with E-state index in [0.717, 1.165) is 13.0 Å². The lowest BCUT2D eigenvalue weighted by molar-refractivity contribution is 0.102. The van der Waals surface area contributed by atoms with Crippen molar-refractivity contribution in [1.82, 2.24) is 15.0 Å². The van der Waals surface area contributed by atoms with E-state index in [0.29, 0.717) is 17.3 Å². The smallest absolute Gasteiger partial charge is 0.258 e. The van der Waals surface area contributed by atoms with Crippen LogP contribution < -0.4 is 10.6 Å². The Labute approximate surface area is 115 Å². The molecule has 0 saturated heterocycles. The second kappa shape index (κ2) is 6.19. The van der Waals surface area contributed by atoms with Gasteiger partial charge in [0.1, 0.15) is 11.0 Å². The molecule has 0 bridgehead atoms. The van der Waals surface area contributed by atoms with Crippen molar-refractivity contribution in [3.05, 3.63) is 35.2 Å². The van der Waals surface area contributed by atoms with Crippen LogP contribution in [0, 0.1) is 0 Å². The molecule has 0 aliphatic rings. The molecule has 1 amide bonds. The molecule has 0 spiro atoms. The molecule has 0 radical (unpaired) electrons. The van der Waals surface area contributed by atoms with Crippen molar-refractivity contribution in [2.24, 2.45) is 0 Å². The minimum absolute atomic E-state index is 0.269. The molecule has 6 nitrogen and oxygen atoms in total. The number of nitrogens with one attached hydrogen (secondary N) is 3. The zero-order chi connectivity index (χ0) is 13.7. The summed E-state index contributed by atoms with van der Waals surface area (Å²) in [5, 5.41) is 5.99. The predicted molar refractivity (Wildman–Crippen MR) is 74.6 cm³/mol. The number of H-pyrrole nitrogens is 1. The van der Waals surface area contributed by atoms with Gasteiger partial charge in [0.2, 0.25) is 5.95 Å². The molecule has 19 heavy (non-hydrogen) atoms. The number of carbonyl (C=O) groups is 1. The van der Waals surface area contributed by atoms with E-state index in [4.69, 9.17) is 11.6 Å². The van der Waals surface area contributed by atoms with E-state index in [-0.39, 0.29) is 11.1 Å². The topological polar surface area (TPSA) is 82.7 Å². The van der Waals surface area contributed by atoms with Crippen molar-refractivity contribution >= 4 is 29.3 Å². The van der Waals surface area contributed by atoms with Crippen LogP contribution in [-0.2, 0) is 0 Å². The van der Waals surface area contributed by atoms with Crippen molar-refractivity contribution in [3.63, 3.8) is 0 Å². The number of halogens is 1. The zero-order valence-corrected chi connectivity index (χ0v) is 11.2. The molecule has 0 saturated carbocycles. The lowest BCUT2D eigenvalue weighted by Gasteiger charge is -2.07. The Balaban J connectivity index is 2.14. The van der Waals surface area contributed by atoms with Crippen LogP contribution >= 0.6 is 11.6 Å². The average molecular weight is 280 g/mol. The monoisotopic (exact) mass is 279 g/mol. The molecule has 0 aliphatic heterocycles. The van der Waals surface area contributed by atoms with Gasteiger partial charge in [0, 0.05) is 24.5 Å². The van der Waals surface area contributed by atoms with Crippen LogP contribution in [-0.4, -0.2) is 27.4 Å². The van der Waals surface area contributed by atoms with Crippen molar-refractivity contribution in [3.8, 4) is 0 Å². The summed E-state index contributed by atoms with van der Waals surface area (Å²) in [6.45, 7) is 2.81. The lowest BCUT2D eigenvalue weighted by Crippen LogP contribution is -2.14. The Bertz CT molecular complexity index is 555. The number of nitrogens with zero attached hydrogens (tertiary/aromatic N) is 2. The first kappa shape index (κ1) is 13.4. The molecule has 0 fully saturated rings. The first-order chi connectivity index (χ1) is 9.19. The van der Waals surface area contributed by atoms with Gasteiger partial charge in [0.15, 0.2) is 0 Å². The number of anilines is 2. The third kappa shape index (κ3) is 3.69. The molecule has 2 heterocycles. The standard InChI is InChI=1S/C12H14ClN5O/c1-2-3-14-10-7-8(6-9(13)17-10)11(19)18-12-15-4-5-16-12/h4-7H,2-3H2,1H3,(H,14,17)(H2,15,16,18,19). The molecule has 0 atom stereocenters. The number of aromatic amines is 1. The fourth-order valence-corrected chi connectivity index (χ4v) is 1.69. The number of hydrogen-bond donors (Lipinski definition) is 3. The Morgan fingerprint density at radius 2 is 2.32 bits per heavy atom. The van der Waals surface area contributed by atoms with Gasteiger partial charge in [-0.2, -0.15) is 0 Å². The zero-order valence-electron chi connectivity index (χ0n) is 10.4. The quantitative estimate of drug-likeness (QED) is 0.735. The number of pyridine rings is 1. The predicted octanol–water partition coefficient (Wildman–Crippen LogP) is 2.53. The molecule has 0 unspecified atom stereocenters. The maximum atomic E-state index is 12.0. The Morgan fingerprint density at radius 1 is 1.47 bits per heavy atom. The minimum atomic E-state index is -0.293. The molecule has 0 aromatic carbocycles. The van der Waals surface area contributed by atoms with E-state index in [1.165, 1.54) is 6.07 Å². The van der Waals surface area contributed by atoms with Gasteiger partial charge < -0.3 is 10.3 Å². The fraction of sp³-hybridized carbons (Fsp3) is 0.250. The summed E-state index contributed by atoms with van der Waals surface area (Å²) < 4.78 is 0. The summed E-state index contributed by atoms with van der Waals surface area (Å²) in [6.07, 6.45) is 4.15. The Hall–Kier alpha value is -2.08.